The quantitative estimate of drug-likeness (QED) is 0.557. The van der Waals surface area contributed by atoms with E-state index in [1.54, 1.807) is 12.1 Å². The number of hydrogen-bond donors (Lipinski definition) is 0. The van der Waals surface area contributed by atoms with Gasteiger partial charge in [0.05, 0.1) is 24.5 Å². The van der Waals surface area contributed by atoms with Crippen molar-refractivity contribution in [2.75, 3.05) is 6.54 Å². The van der Waals surface area contributed by atoms with Gasteiger partial charge in [-0.15, -0.1) is 10.2 Å². The summed E-state index contributed by atoms with van der Waals surface area (Å²) in [7, 11) is 0. The van der Waals surface area contributed by atoms with Crippen LogP contribution in [0.25, 0.3) is 11.7 Å². The molecule has 1 aliphatic heterocycles. The van der Waals surface area contributed by atoms with Gasteiger partial charge in [-0.3, -0.25) is 19.3 Å². The first-order chi connectivity index (χ1) is 13.1. The van der Waals surface area contributed by atoms with Crippen molar-refractivity contribution in [2.45, 2.75) is 38.7 Å². The van der Waals surface area contributed by atoms with Gasteiger partial charge in [-0.05, 0) is 25.0 Å². The molecule has 0 unspecified atom stereocenters. The van der Waals surface area contributed by atoms with Crippen LogP contribution in [-0.2, 0) is 25.7 Å². The molecule has 27 heavy (non-hydrogen) atoms. The van der Waals surface area contributed by atoms with Crippen molar-refractivity contribution in [1.82, 2.24) is 15.1 Å². The second kappa shape index (κ2) is 7.34. The molecule has 2 fully saturated rings. The molecule has 2 atom stereocenters. The van der Waals surface area contributed by atoms with Crippen LogP contribution in [0, 0.1) is 11.8 Å². The van der Waals surface area contributed by atoms with Gasteiger partial charge in [0.25, 0.3) is 11.8 Å². The third-order valence-electron chi connectivity index (χ3n) is 5.03. The molecule has 2 amide bonds. The van der Waals surface area contributed by atoms with Crippen molar-refractivity contribution in [1.29, 1.82) is 0 Å². The largest absolute Gasteiger partial charge is 0.459 e. The molecule has 0 radical (unpaired) electrons. The van der Waals surface area contributed by atoms with E-state index in [9.17, 15) is 14.4 Å². The number of carbonyl (C=O) groups is 3. The molecule has 0 spiro atoms. The van der Waals surface area contributed by atoms with E-state index < -0.39 is 5.97 Å². The number of aromatic nitrogens is 2. The number of amides is 2. The SMILES string of the molecule is O=C(CCN1C(=O)[C@H]2CCCC[C@@H]2C1=O)OCc1nnc(-c2ccco2)o1. The fourth-order valence-electron chi connectivity index (χ4n) is 3.68. The Bertz CT molecular complexity index is 819. The maximum absolute atomic E-state index is 12.4. The summed E-state index contributed by atoms with van der Waals surface area (Å²) < 4.78 is 15.6. The highest BCUT2D eigenvalue weighted by Crippen LogP contribution is 2.37. The zero-order valence-corrected chi connectivity index (χ0v) is 14.6. The molecule has 3 heterocycles. The molecule has 0 bridgehead atoms. The minimum atomic E-state index is -0.539. The standard InChI is InChI=1S/C18H19N3O6/c22-15(26-10-14-19-20-16(27-14)13-6-3-9-25-13)7-8-21-17(23)11-4-1-2-5-12(11)18(21)24/h3,6,9,11-12H,1-2,4-5,7-8,10H2/t11-,12-/m0/s1. The predicted molar refractivity (Wildman–Crippen MR) is 88.6 cm³/mol. The first-order valence-electron chi connectivity index (χ1n) is 9.00. The van der Waals surface area contributed by atoms with Crippen LogP contribution in [0.1, 0.15) is 38.0 Å². The van der Waals surface area contributed by atoms with E-state index in [4.69, 9.17) is 13.6 Å². The number of nitrogens with zero attached hydrogens (tertiary/aromatic N) is 3. The molecule has 0 N–H and O–H groups in total. The number of carbonyl (C=O) groups excluding carboxylic acids is 3. The Kier molecular flexibility index (Phi) is 4.74. The first-order valence-corrected chi connectivity index (χ1v) is 9.00. The molecule has 2 aromatic rings. The Labute approximate surface area is 154 Å². The van der Waals surface area contributed by atoms with Crippen molar-refractivity contribution in [3.8, 4) is 11.7 Å². The predicted octanol–water partition coefficient (Wildman–Crippen LogP) is 1.94. The molecule has 9 nitrogen and oxygen atoms in total. The third kappa shape index (κ3) is 3.49. The molecule has 4 rings (SSSR count). The number of hydrogen-bond acceptors (Lipinski definition) is 8. The van der Waals surface area contributed by atoms with Crippen molar-refractivity contribution >= 4 is 17.8 Å². The van der Waals surface area contributed by atoms with E-state index in [2.05, 4.69) is 10.2 Å². The second-order valence-corrected chi connectivity index (χ2v) is 6.71. The van der Waals surface area contributed by atoms with Crippen LogP contribution in [0.3, 0.4) is 0 Å². The van der Waals surface area contributed by atoms with Crippen LogP contribution in [0.15, 0.2) is 27.2 Å². The van der Waals surface area contributed by atoms with E-state index in [-0.39, 0.29) is 55.0 Å². The average molecular weight is 373 g/mol. The van der Waals surface area contributed by atoms with Crippen LogP contribution in [-0.4, -0.2) is 39.4 Å². The number of esters is 1. The lowest BCUT2D eigenvalue weighted by atomic mass is 9.81. The summed E-state index contributed by atoms with van der Waals surface area (Å²) in [5.74, 6) is -0.511. The summed E-state index contributed by atoms with van der Waals surface area (Å²) in [6.07, 6.45) is 4.88. The van der Waals surface area contributed by atoms with Crippen molar-refractivity contribution in [3.63, 3.8) is 0 Å². The molecule has 0 aromatic carbocycles. The van der Waals surface area contributed by atoms with Gasteiger partial charge in [0.15, 0.2) is 12.4 Å². The number of imide groups is 1. The molecule has 9 heteroatoms. The minimum absolute atomic E-state index is 0.0466. The molecular formula is C18H19N3O6. The van der Waals surface area contributed by atoms with Gasteiger partial charge in [0.2, 0.25) is 11.8 Å². The van der Waals surface area contributed by atoms with Gasteiger partial charge >= 0.3 is 5.97 Å². The minimum Gasteiger partial charge on any atom is -0.459 e. The second-order valence-electron chi connectivity index (χ2n) is 6.71. The molecule has 1 aliphatic carbocycles. The third-order valence-corrected chi connectivity index (χ3v) is 5.03. The average Bonchev–Trinajstić information content (AvgIpc) is 3.41. The van der Waals surface area contributed by atoms with Gasteiger partial charge < -0.3 is 13.6 Å². The number of furan rings is 1. The Hall–Kier alpha value is -2.97. The van der Waals surface area contributed by atoms with Crippen LogP contribution in [0.2, 0.25) is 0 Å². The fraction of sp³-hybridized carbons (Fsp3) is 0.500. The Balaban J connectivity index is 1.26. The summed E-state index contributed by atoms with van der Waals surface area (Å²) in [5, 5.41) is 7.59. The smallest absolute Gasteiger partial charge is 0.308 e. The van der Waals surface area contributed by atoms with Gasteiger partial charge in [0.1, 0.15) is 0 Å². The molecule has 142 valence electrons. The normalized spacial score (nSPS) is 22.1. The number of likely N-dealkylation sites (tertiary alicyclic amines) is 1. The van der Waals surface area contributed by atoms with Gasteiger partial charge in [-0.25, -0.2) is 0 Å². The number of rotatable bonds is 6. The highest BCUT2D eigenvalue weighted by Gasteiger charge is 2.47. The molecule has 1 saturated heterocycles. The lowest BCUT2D eigenvalue weighted by Gasteiger charge is -2.19. The zero-order chi connectivity index (χ0) is 18.8. The van der Waals surface area contributed by atoms with Crippen LogP contribution in [0.4, 0.5) is 0 Å². The van der Waals surface area contributed by atoms with Crippen molar-refractivity contribution in [2.24, 2.45) is 11.8 Å². The fourth-order valence-corrected chi connectivity index (χ4v) is 3.68. The van der Waals surface area contributed by atoms with Crippen LogP contribution in [0.5, 0.6) is 0 Å². The lowest BCUT2D eigenvalue weighted by Crippen LogP contribution is -2.33. The maximum Gasteiger partial charge on any atom is 0.308 e. The zero-order valence-electron chi connectivity index (χ0n) is 14.6. The maximum atomic E-state index is 12.4. The van der Waals surface area contributed by atoms with Gasteiger partial charge in [0, 0.05) is 6.54 Å². The molecule has 2 aromatic heterocycles. The van der Waals surface area contributed by atoms with E-state index >= 15 is 0 Å². The van der Waals surface area contributed by atoms with Gasteiger partial charge in [-0.1, -0.05) is 12.8 Å². The summed E-state index contributed by atoms with van der Waals surface area (Å²) in [6.45, 7) is -0.134. The highest BCUT2D eigenvalue weighted by molar-refractivity contribution is 6.05. The van der Waals surface area contributed by atoms with Crippen molar-refractivity contribution in [3.05, 3.63) is 24.3 Å². The van der Waals surface area contributed by atoms with E-state index in [1.807, 2.05) is 0 Å². The summed E-state index contributed by atoms with van der Waals surface area (Å²) in [4.78, 5) is 37.9. The topological polar surface area (TPSA) is 116 Å². The van der Waals surface area contributed by atoms with E-state index in [0.29, 0.717) is 5.76 Å². The summed E-state index contributed by atoms with van der Waals surface area (Å²) >= 11 is 0. The summed E-state index contributed by atoms with van der Waals surface area (Å²) in [5.41, 5.74) is 0. The Morgan fingerprint density at radius 3 is 2.59 bits per heavy atom. The monoisotopic (exact) mass is 373 g/mol. The number of fused-ring (bicyclic) bond motifs is 1. The van der Waals surface area contributed by atoms with Crippen molar-refractivity contribution < 1.29 is 28.0 Å². The highest BCUT2D eigenvalue weighted by atomic mass is 16.5. The molecule has 2 aliphatic rings. The van der Waals surface area contributed by atoms with Crippen LogP contribution >= 0.6 is 0 Å². The Morgan fingerprint density at radius 2 is 1.93 bits per heavy atom. The lowest BCUT2D eigenvalue weighted by molar-refractivity contribution is -0.147. The molecular weight excluding hydrogens is 354 g/mol. The van der Waals surface area contributed by atoms with E-state index in [1.165, 1.54) is 11.2 Å². The van der Waals surface area contributed by atoms with Crippen LogP contribution < -0.4 is 0 Å². The summed E-state index contributed by atoms with van der Waals surface area (Å²) in [6, 6.07) is 3.36. The first kappa shape index (κ1) is 17.4. The molecule has 1 saturated carbocycles. The number of ether oxygens (including phenoxy) is 1. The van der Waals surface area contributed by atoms with Gasteiger partial charge in [-0.2, -0.15) is 0 Å². The Morgan fingerprint density at radius 1 is 1.19 bits per heavy atom. The van der Waals surface area contributed by atoms with E-state index in [0.717, 1.165) is 25.7 Å².